The fourth-order valence-electron chi connectivity index (χ4n) is 2.28. The number of oxime groups is 1. The van der Waals surface area contributed by atoms with Crippen molar-refractivity contribution in [2.45, 2.75) is 25.3 Å². The molecule has 1 aliphatic rings. The molecule has 2 rings (SSSR count). The lowest BCUT2D eigenvalue weighted by Gasteiger charge is -2.34. The lowest BCUT2D eigenvalue weighted by Crippen LogP contribution is -2.52. The number of nitrogens with one attached hydrogen (secondary N) is 1. The number of carbonyl (C=O) groups is 1. The van der Waals surface area contributed by atoms with E-state index < -0.39 is 6.04 Å². The van der Waals surface area contributed by atoms with Crippen LogP contribution in [-0.2, 0) is 0 Å². The summed E-state index contributed by atoms with van der Waals surface area (Å²) in [6.45, 7) is 0.536. The van der Waals surface area contributed by atoms with Gasteiger partial charge in [0.2, 0.25) is 0 Å². The lowest BCUT2D eigenvalue weighted by atomic mass is 10.0. The second kappa shape index (κ2) is 6.23. The van der Waals surface area contributed by atoms with E-state index in [1.807, 2.05) is 0 Å². The first-order chi connectivity index (χ1) is 9.61. The molecule has 6 nitrogen and oxygen atoms in total. The smallest absolute Gasteiger partial charge is 0.322 e. The molecule has 1 fully saturated rings. The first-order valence-corrected chi connectivity index (χ1v) is 6.42. The van der Waals surface area contributed by atoms with Gasteiger partial charge in [-0.25, -0.2) is 9.18 Å². The monoisotopic (exact) mass is 280 g/mol. The molecule has 0 saturated carbocycles. The molecular formula is C13H17FN4O2. The molecule has 7 heteroatoms. The molecule has 0 spiro atoms. The Balaban J connectivity index is 2.08. The number of carbonyl (C=O) groups excluding carboxylic acids is 1. The van der Waals surface area contributed by atoms with Gasteiger partial charge in [0.1, 0.15) is 5.82 Å². The fraction of sp³-hybridized carbons (Fsp3) is 0.385. The van der Waals surface area contributed by atoms with Crippen LogP contribution in [0.5, 0.6) is 0 Å². The first-order valence-electron chi connectivity index (χ1n) is 6.42. The van der Waals surface area contributed by atoms with E-state index in [1.165, 1.54) is 29.2 Å². The van der Waals surface area contributed by atoms with Gasteiger partial charge in [-0.15, -0.1) is 0 Å². The van der Waals surface area contributed by atoms with Crippen molar-refractivity contribution in [1.82, 2.24) is 4.90 Å². The van der Waals surface area contributed by atoms with Gasteiger partial charge < -0.3 is 21.2 Å². The topological polar surface area (TPSA) is 91.0 Å². The number of benzene rings is 1. The number of likely N-dealkylation sites (tertiary alicyclic amines) is 1. The van der Waals surface area contributed by atoms with Gasteiger partial charge in [-0.3, -0.25) is 0 Å². The third-order valence-corrected chi connectivity index (χ3v) is 3.32. The van der Waals surface area contributed by atoms with Crippen LogP contribution in [0.1, 0.15) is 19.3 Å². The van der Waals surface area contributed by atoms with E-state index in [0.717, 1.165) is 12.8 Å². The van der Waals surface area contributed by atoms with Gasteiger partial charge >= 0.3 is 6.03 Å². The number of urea groups is 1. The number of hydrogen-bond donors (Lipinski definition) is 3. The molecule has 1 aromatic carbocycles. The van der Waals surface area contributed by atoms with Crippen LogP contribution in [-0.4, -0.2) is 34.6 Å². The standard InChI is InChI=1S/C13H17FN4O2/c14-9-4-6-10(7-5-9)16-13(19)18-8-2-1-3-11(18)12(15)17-20/h4-7,11,20H,1-3,8H2,(H2,15,17)(H,16,19). The van der Waals surface area contributed by atoms with Crippen LogP contribution in [0.3, 0.4) is 0 Å². The first kappa shape index (κ1) is 14.1. The van der Waals surface area contributed by atoms with Crippen molar-refractivity contribution in [3.05, 3.63) is 30.1 Å². The van der Waals surface area contributed by atoms with Crippen LogP contribution in [0.15, 0.2) is 29.4 Å². The average molecular weight is 280 g/mol. The SMILES string of the molecule is NC(=NO)C1CCCCN1C(=O)Nc1ccc(F)cc1. The number of rotatable bonds is 2. The molecule has 20 heavy (non-hydrogen) atoms. The predicted molar refractivity (Wildman–Crippen MR) is 73.2 cm³/mol. The molecule has 1 atom stereocenters. The Morgan fingerprint density at radius 3 is 2.75 bits per heavy atom. The van der Waals surface area contributed by atoms with Gasteiger partial charge in [0.25, 0.3) is 0 Å². The van der Waals surface area contributed by atoms with E-state index in [1.54, 1.807) is 0 Å². The Kier molecular flexibility index (Phi) is 4.39. The molecule has 0 aliphatic carbocycles. The summed E-state index contributed by atoms with van der Waals surface area (Å²) in [4.78, 5) is 13.7. The van der Waals surface area contributed by atoms with E-state index in [4.69, 9.17) is 10.9 Å². The fourth-order valence-corrected chi connectivity index (χ4v) is 2.28. The van der Waals surface area contributed by atoms with Crippen molar-refractivity contribution in [2.24, 2.45) is 10.9 Å². The van der Waals surface area contributed by atoms with Gasteiger partial charge in [-0.1, -0.05) is 5.16 Å². The highest BCUT2D eigenvalue weighted by Gasteiger charge is 2.29. The van der Waals surface area contributed by atoms with Gasteiger partial charge in [0.05, 0.1) is 6.04 Å². The van der Waals surface area contributed by atoms with Gasteiger partial charge in [-0.2, -0.15) is 0 Å². The summed E-state index contributed by atoms with van der Waals surface area (Å²) in [5, 5.41) is 14.4. The zero-order valence-electron chi connectivity index (χ0n) is 10.9. The minimum absolute atomic E-state index is 0.0268. The molecule has 0 bridgehead atoms. The van der Waals surface area contributed by atoms with E-state index in [0.29, 0.717) is 18.7 Å². The van der Waals surface area contributed by atoms with Crippen molar-refractivity contribution in [3.63, 3.8) is 0 Å². The average Bonchev–Trinajstić information content (AvgIpc) is 2.48. The highest BCUT2D eigenvalue weighted by atomic mass is 19.1. The summed E-state index contributed by atoms with van der Waals surface area (Å²) in [5.74, 6) is -0.338. The van der Waals surface area contributed by atoms with Crippen molar-refractivity contribution in [1.29, 1.82) is 0 Å². The molecule has 1 saturated heterocycles. The number of nitrogens with two attached hydrogens (primary N) is 1. The van der Waals surface area contributed by atoms with Crippen molar-refractivity contribution < 1.29 is 14.4 Å². The second-order valence-corrected chi connectivity index (χ2v) is 4.67. The van der Waals surface area contributed by atoms with Crippen LogP contribution >= 0.6 is 0 Å². The number of amides is 2. The zero-order valence-corrected chi connectivity index (χ0v) is 10.9. The molecular weight excluding hydrogens is 263 g/mol. The third-order valence-electron chi connectivity index (χ3n) is 3.32. The number of anilines is 1. The Bertz CT molecular complexity index is 504. The lowest BCUT2D eigenvalue weighted by molar-refractivity contribution is 0.183. The van der Waals surface area contributed by atoms with Gasteiger partial charge in [-0.05, 0) is 43.5 Å². The van der Waals surface area contributed by atoms with Crippen LogP contribution in [0, 0.1) is 5.82 Å². The maximum atomic E-state index is 12.8. The quantitative estimate of drug-likeness (QED) is 0.335. The molecule has 4 N–H and O–H groups in total. The summed E-state index contributed by atoms with van der Waals surface area (Å²) in [6.07, 6.45) is 2.44. The number of halogens is 1. The molecule has 1 heterocycles. The second-order valence-electron chi connectivity index (χ2n) is 4.67. The Labute approximate surface area is 116 Å². The molecule has 2 amide bonds. The van der Waals surface area contributed by atoms with Crippen molar-refractivity contribution in [2.75, 3.05) is 11.9 Å². The number of piperidine rings is 1. The number of amidine groups is 1. The molecule has 1 unspecified atom stereocenters. The molecule has 1 aromatic rings. The molecule has 108 valence electrons. The Hall–Kier alpha value is -2.31. The maximum Gasteiger partial charge on any atom is 0.322 e. The van der Waals surface area contributed by atoms with E-state index >= 15 is 0 Å². The Morgan fingerprint density at radius 2 is 2.10 bits per heavy atom. The number of nitrogens with zero attached hydrogens (tertiary/aromatic N) is 2. The summed E-state index contributed by atoms with van der Waals surface area (Å²) in [6, 6.07) is 4.76. The van der Waals surface area contributed by atoms with Gasteiger partial charge in [0, 0.05) is 12.2 Å². The van der Waals surface area contributed by atoms with E-state index in [9.17, 15) is 9.18 Å². The highest BCUT2D eigenvalue weighted by Crippen LogP contribution is 2.19. The largest absolute Gasteiger partial charge is 0.409 e. The Morgan fingerprint density at radius 1 is 1.40 bits per heavy atom. The van der Waals surface area contributed by atoms with Crippen molar-refractivity contribution in [3.8, 4) is 0 Å². The zero-order chi connectivity index (χ0) is 14.5. The molecule has 0 aromatic heterocycles. The van der Waals surface area contributed by atoms with E-state index in [-0.39, 0.29) is 17.7 Å². The molecule has 0 radical (unpaired) electrons. The summed E-state index contributed by atoms with van der Waals surface area (Å²) >= 11 is 0. The van der Waals surface area contributed by atoms with Gasteiger partial charge in [0.15, 0.2) is 5.84 Å². The number of hydrogen-bond acceptors (Lipinski definition) is 3. The molecule has 1 aliphatic heterocycles. The summed E-state index contributed by atoms with van der Waals surface area (Å²) in [5.41, 5.74) is 6.12. The minimum atomic E-state index is -0.408. The van der Waals surface area contributed by atoms with E-state index in [2.05, 4.69) is 10.5 Å². The predicted octanol–water partition coefficient (Wildman–Crippen LogP) is 1.96. The highest BCUT2D eigenvalue weighted by molar-refractivity contribution is 5.95. The van der Waals surface area contributed by atoms with Crippen molar-refractivity contribution >= 4 is 17.6 Å². The summed E-state index contributed by atoms with van der Waals surface area (Å²) < 4.78 is 12.8. The van der Waals surface area contributed by atoms with Crippen LogP contribution in [0.25, 0.3) is 0 Å². The van der Waals surface area contributed by atoms with Crippen LogP contribution in [0.4, 0.5) is 14.9 Å². The minimum Gasteiger partial charge on any atom is -0.409 e. The normalized spacial score (nSPS) is 19.8. The van der Waals surface area contributed by atoms with Crippen LogP contribution < -0.4 is 11.1 Å². The maximum absolute atomic E-state index is 12.8. The summed E-state index contributed by atoms with van der Waals surface area (Å²) in [7, 11) is 0. The third kappa shape index (κ3) is 3.17. The van der Waals surface area contributed by atoms with Crippen LogP contribution in [0.2, 0.25) is 0 Å².